The summed E-state index contributed by atoms with van der Waals surface area (Å²) in [6.07, 6.45) is 3.85. The number of morpholine rings is 1. The van der Waals surface area contributed by atoms with Crippen LogP contribution in [0.3, 0.4) is 0 Å². The summed E-state index contributed by atoms with van der Waals surface area (Å²) in [4.78, 5) is 19.0. The van der Waals surface area contributed by atoms with Crippen LogP contribution in [0, 0.1) is 5.92 Å². The topological polar surface area (TPSA) is 66.5 Å². The van der Waals surface area contributed by atoms with E-state index in [2.05, 4.69) is 20.5 Å². The molecule has 1 unspecified atom stereocenters. The molecule has 0 radical (unpaired) electrons. The van der Waals surface area contributed by atoms with Crippen LogP contribution < -0.4 is 15.5 Å². The van der Waals surface area contributed by atoms with Gasteiger partial charge in [-0.25, -0.2) is 4.98 Å². The number of anilines is 1. The first kappa shape index (κ1) is 15.2. The lowest BCUT2D eigenvalue weighted by Crippen LogP contribution is -2.41. The number of hydrogen-bond donors (Lipinski definition) is 2. The number of ether oxygens (including phenoxy) is 1. The number of hydrogen-bond acceptors (Lipinski definition) is 5. The van der Waals surface area contributed by atoms with E-state index < -0.39 is 0 Å². The van der Waals surface area contributed by atoms with Gasteiger partial charge in [-0.3, -0.25) is 4.79 Å². The van der Waals surface area contributed by atoms with Gasteiger partial charge in [-0.15, -0.1) is 0 Å². The molecule has 2 saturated heterocycles. The molecule has 22 heavy (non-hydrogen) atoms. The third kappa shape index (κ3) is 3.75. The summed E-state index contributed by atoms with van der Waals surface area (Å²) in [5, 5.41) is 6.35. The van der Waals surface area contributed by atoms with Gasteiger partial charge in [0, 0.05) is 37.9 Å². The molecule has 6 heteroatoms. The lowest BCUT2D eigenvalue weighted by molar-refractivity contribution is -0.125. The van der Waals surface area contributed by atoms with Crippen molar-refractivity contribution in [2.75, 3.05) is 44.3 Å². The van der Waals surface area contributed by atoms with E-state index in [1.54, 1.807) is 6.20 Å². The molecule has 2 N–H and O–H groups in total. The van der Waals surface area contributed by atoms with E-state index in [1.165, 1.54) is 0 Å². The number of nitrogens with one attached hydrogen (secondary N) is 2. The lowest BCUT2D eigenvalue weighted by atomic mass is 9.99. The minimum Gasteiger partial charge on any atom is -0.378 e. The van der Waals surface area contributed by atoms with Crippen molar-refractivity contribution in [2.45, 2.75) is 19.4 Å². The number of amides is 1. The fourth-order valence-electron chi connectivity index (χ4n) is 3.03. The van der Waals surface area contributed by atoms with Crippen LogP contribution in [-0.2, 0) is 16.1 Å². The molecule has 120 valence electrons. The molecular weight excluding hydrogens is 280 g/mol. The van der Waals surface area contributed by atoms with Crippen LogP contribution in [0.4, 0.5) is 5.82 Å². The average molecular weight is 304 g/mol. The fourth-order valence-corrected chi connectivity index (χ4v) is 3.03. The Balaban J connectivity index is 1.60. The highest BCUT2D eigenvalue weighted by atomic mass is 16.5. The third-order valence-electron chi connectivity index (χ3n) is 4.30. The Morgan fingerprint density at radius 1 is 1.45 bits per heavy atom. The Kier molecular flexibility index (Phi) is 5.24. The highest BCUT2D eigenvalue weighted by Gasteiger charge is 2.21. The summed E-state index contributed by atoms with van der Waals surface area (Å²) in [5.41, 5.74) is 1.07. The van der Waals surface area contributed by atoms with Gasteiger partial charge in [0.25, 0.3) is 0 Å². The monoisotopic (exact) mass is 304 g/mol. The molecule has 0 bridgehead atoms. The number of nitrogens with zero attached hydrogens (tertiary/aromatic N) is 2. The Hall–Kier alpha value is -1.66. The highest BCUT2D eigenvalue weighted by molar-refractivity contribution is 5.79. The van der Waals surface area contributed by atoms with Crippen LogP contribution in [0.25, 0.3) is 0 Å². The summed E-state index contributed by atoms with van der Waals surface area (Å²) < 4.78 is 5.39. The van der Waals surface area contributed by atoms with E-state index in [9.17, 15) is 4.79 Å². The zero-order chi connectivity index (χ0) is 15.2. The van der Waals surface area contributed by atoms with Crippen molar-refractivity contribution in [3.05, 3.63) is 23.9 Å². The molecule has 2 fully saturated rings. The van der Waals surface area contributed by atoms with E-state index in [1.807, 2.05) is 12.1 Å². The molecule has 1 atom stereocenters. The summed E-state index contributed by atoms with van der Waals surface area (Å²) in [6.45, 7) is 5.51. The van der Waals surface area contributed by atoms with Crippen molar-refractivity contribution in [1.82, 2.24) is 15.6 Å². The minimum absolute atomic E-state index is 0.0947. The summed E-state index contributed by atoms with van der Waals surface area (Å²) in [7, 11) is 0. The smallest absolute Gasteiger partial charge is 0.224 e. The first-order valence-electron chi connectivity index (χ1n) is 8.09. The van der Waals surface area contributed by atoms with E-state index in [-0.39, 0.29) is 11.8 Å². The molecule has 2 aliphatic heterocycles. The van der Waals surface area contributed by atoms with Crippen molar-refractivity contribution in [3.8, 4) is 0 Å². The van der Waals surface area contributed by atoms with Gasteiger partial charge in [0.2, 0.25) is 5.91 Å². The number of pyridine rings is 1. The molecule has 6 nitrogen and oxygen atoms in total. The van der Waals surface area contributed by atoms with Crippen molar-refractivity contribution in [1.29, 1.82) is 0 Å². The fraction of sp³-hybridized carbons (Fsp3) is 0.625. The summed E-state index contributed by atoms with van der Waals surface area (Å²) >= 11 is 0. The predicted octanol–water partition coefficient (Wildman–Crippen LogP) is 0.534. The molecule has 0 saturated carbocycles. The Bertz CT molecular complexity index is 497. The molecule has 0 aliphatic carbocycles. The van der Waals surface area contributed by atoms with Crippen molar-refractivity contribution in [2.24, 2.45) is 5.92 Å². The largest absolute Gasteiger partial charge is 0.378 e. The zero-order valence-corrected chi connectivity index (χ0v) is 12.9. The molecule has 1 aromatic heterocycles. The van der Waals surface area contributed by atoms with E-state index >= 15 is 0 Å². The molecule has 0 aromatic carbocycles. The zero-order valence-electron chi connectivity index (χ0n) is 12.9. The van der Waals surface area contributed by atoms with Crippen LogP contribution >= 0.6 is 0 Å². The minimum atomic E-state index is 0.0947. The maximum Gasteiger partial charge on any atom is 0.224 e. The van der Waals surface area contributed by atoms with Gasteiger partial charge in [0.15, 0.2) is 0 Å². The predicted molar refractivity (Wildman–Crippen MR) is 84.7 cm³/mol. The summed E-state index contributed by atoms with van der Waals surface area (Å²) in [6, 6.07) is 3.96. The average Bonchev–Trinajstić information content (AvgIpc) is 2.61. The highest BCUT2D eigenvalue weighted by Crippen LogP contribution is 2.18. The second-order valence-electron chi connectivity index (χ2n) is 5.85. The van der Waals surface area contributed by atoms with Gasteiger partial charge in [0.1, 0.15) is 5.82 Å². The maximum absolute atomic E-state index is 12.3. The number of carbonyl (C=O) groups excluding carboxylic acids is 1. The van der Waals surface area contributed by atoms with E-state index in [0.717, 1.165) is 63.6 Å². The molecule has 1 amide bonds. The van der Waals surface area contributed by atoms with E-state index in [4.69, 9.17) is 4.74 Å². The molecular formula is C16H24N4O2. The van der Waals surface area contributed by atoms with Crippen LogP contribution in [0.2, 0.25) is 0 Å². The number of piperidine rings is 1. The standard InChI is InChI=1S/C16H24N4O2/c21-16(14-4-1-5-17-11-14)19-12-13-3-2-6-18-15(13)20-7-9-22-10-8-20/h2-3,6,14,17H,1,4-5,7-12H2,(H,19,21). The Labute approximate surface area is 131 Å². The second kappa shape index (κ2) is 7.56. The van der Waals surface area contributed by atoms with Crippen LogP contribution in [0.5, 0.6) is 0 Å². The van der Waals surface area contributed by atoms with Crippen LogP contribution in [0.15, 0.2) is 18.3 Å². The summed E-state index contributed by atoms with van der Waals surface area (Å²) in [5.74, 6) is 1.20. The van der Waals surface area contributed by atoms with Gasteiger partial charge < -0.3 is 20.3 Å². The lowest BCUT2D eigenvalue weighted by Gasteiger charge is -2.29. The molecule has 3 rings (SSSR count). The van der Waals surface area contributed by atoms with E-state index in [0.29, 0.717) is 6.54 Å². The normalized spacial score (nSPS) is 22.4. The Morgan fingerprint density at radius 2 is 2.32 bits per heavy atom. The Morgan fingerprint density at radius 3 is 3.09 bits per heavy atom. The van der Waals surface area contributed by atoms with Crippen LogP contribution in [-0.4, -0.2) is 50.3 Å². The van der Waals surface area contributed by atoms with Gasteiger partial charge in [-0.2, -0.15) is 0 Å². The van der Waals surface area contributed by atoms with Gasteiger partial charge in [0.05, 0.1) is 19.1 Å². The molecule has 1 aromatic rings. The maximum atomic E-state index is 12.3. The van der Waals surface area contributed by atoms with Gasteiger partial charge in [-0.1, -0.05) is 6.07 Å². The first-order valence-corrected chi connectivity index (χ1v) is 8.09. The number of aromatic nitrogens is 1. The molecule has 0 spiro atoms. The van der Waals surface area contributed by atoms with Crippen molar-refractivity contribution in [3.63, 3.8) is 0 Å². The quantitative estimate of drug-likeness (QED) is 0.849. The van der Waals surface area contributed by atoms with Crippen molar-refractivity contribution < 1.29 is 9.53 Å². The number of carbonyl (C=O) groups is 1. The number of rotatable bonds is 4. The first-order chi connectivity index (χ1) is 10.8. The molecule has 3 heterocycles. The third-order valence-corrected chi connectivity index (χ3v) is 4.30. The van der Waals surface area contributed by atoms with Gasteiger partial charge in [-0.05, 0) is 25.5 Å². The van der Waals surface area contributed by atoms with Crippen LogP contribution in [0.1, 0.15) is 18.4 Å². The van der Waals surface area contributed by atoms with Crippen molar-refractivity contribution >= 4 is 11.7 Å². The second-order valence-corrected chi connectivity index (χ2v) is 5.85. The van der Waals surface area contributed by atoms with Gasteiger partial charge >= 0.3 is 0 Å². The molecule has 2 aliphatic rings. The SMILES string of the molecule is O=C(NCc1cccnc1N1CCOCC1)C1CCCNC1.